The lowest BCUT2D eigenvalue weighted by molar-refractivity contribution is -0.111. The predicted molar refractivity (Wildman–Crippen MR) is 131 cm³/mol. The van der Waals surface area contributed by atoms with Crippen LogP contribution in [0.15, 0.2) is 48.7 Å². The summed E-state index contributed by atoms with van der Waals surface area (Å²) >= 11 is 0. The highest BCUT2D eigenvalue weighted by molar-refractivity contribution is 6.03. The van der Waals surface area contributed by atoms with Gasteiger partial charge in [0.1, 0.15) is 13.2 Å². The molecule has 1 aromatic heterocycles. The second kappa shape index (κ2) is 10.2. The first-order chi connectivity index (χ1) is 16.7. The third-order valence-corrected chi connectivity index (χ3v) is 6.08. The number of amides is 1. The highest BCUT2D eigenvalue weighted by Crippen LogP contribution is 2.40. The van der Waals surface area contributed by atoms with Gasteiger partial charge in [0.25, 0.3) is 0 Å². The SMILES string of the molecule is COc1cc(/C=C/C(=O)Nc2ccc3c(ccn3CCN3CCOCC3)c2)cc2c1OCCO2. The number of morpholine rings is 1. The Hall–Kier alpha value is -3.49. The molecule has 1 fully saturated rings. The molecule has 3 aromatic rings. The third-order valence-electron chi connectivity index (χ3n) is 6.08. The van der Waals surface area contributed by atoms with Crippen molar-refractivity contribution in [3.63, 3.8) is 0 Å². The summed E-state index contributed by atoms with van der Waals surface area (Å²) in [7, 11) is 1.58. The Bertz CT molecular complexity index is 1180. The molecule has 5 rings (SSSR count). The Morgan fingerprint density at radius 3 is 2.76 bits per heavy atom. The number of rotatable bonds is 7. The first-order valence-electron chi connectivity index (χ1n) is 11.6. The molecule has 8 heteroatoms. The normalized spacial score (nSPS) is 16.1. The van der Waals surface area contributed by atoms with Crippen LogP contribution in [0.2, 0.25) is 0 Å². The number of methoxy groups -OCH3 is 1. The van der Waals surface area contributed by atoms with Crippen molar-refractivity contribution in [3.05, 3.63) is 54.2 Å². The van der Waals surface area contributed by atoms with Crippen molar-refractivity contribution >= 4 is 28.6 Å². The van der Waals surface area contributed by atoms with Crippen LogP contribution >= 0.6 is 0 Å². The molecule has 2 aromatic carbocycles. The second-order valence-corrected chi connectivity index (χ2v) is 8.31. The van der Waals surface area contributed by atoms with E-state index in [1.165, 1.54) is 6.08 Å². The zero-order valence-electron chi connectivity index (χ0n) is 19.3. The van der Waals surface area contributed by atoms with Crippen LogP contribution in [0.25, 0.3) is 17.0 Å². The highest BCUT2D eigenvalue weighted by atomic mass is 16.6. The van der Waals surface area contributed by atoms with Crippen molar-refractivity contribution in [2.24, 2.45) is 0 Å². The Balaban J connectivity index is 1.22. The Kier molecular flexibility index (Phi) is 6.69. The molecule has 0 aliphatic carbocycles. The summed E-state index contributed by atoms with van der Waals surface area (Å²) in [6.07, 6.45) is 5.34. The fraction of sp³-hybridized carbons (Fsp3) is 0.346. The lowest BCUT2D eigenvalue weighted by Gasteiger charge is -2.26. The van der Waals surface area contributed by atoms with E-state index in [-0.39, 0.29) is 5.91 Å². The number of ether oxygens (including phenoxy) is 4. The van der Waals surface area contributed by atoms with Gasteiger partial charge in [0.05, 0.1) is 20.3 Å². The molecule has 1 saturated heterocycles. The molecular weight excluding hydrogens is 434 g/mol. The molecule has 8 nitrogen and oxygen atoms in total. The number of benzene rings is 2. The minimum Gasteiger partial charge on any atom is -0.493 e. The number of aromatic nitrogens is 1. The summed E-state index contributed by atoms with van der Waals surface area (Å²) in [5.41, 5.74) is 2.71. The predicted octanol–water partition coefficient (Wildman–Crippen LogP) is 3.41. The van der Waals surface area contributed by atoms with E-state index in [1.54, 1.807) is 13.2 Å². The molecule has 0 bridgehead atoms. The smallest absolute Gasteiger partial charge is 0.248 e. The first-order valence-corrected chi connectivity index (χ1v) is 11.6. The molecular formula is C26H29N3O5. The van der Waals surface area contributed by atoms with Gasteiger partial charge < -0.3 is 28.8 Å². The molecule has 0 unspecified atom stereocenters. The van der Waals surface area contributed by atoms with Gasteiger partial charge in [-0.15, -0.1) is 0 Å². The molecule has 0 atom stereocenters. The topological polar surface area (TPSA) is 74.2 Å². The molecule has 0 saturated carbocycles. The lowest BCUT2D eigenvalue weighted by Crippen LogP contribution is -2.38. The Labute approximate surface area is 198 Å². The third kappa shape index (κ3) is 5.03. The van der Waals surface area contributed by atoms with Crippen molar-refractivity contribution in [1.29, 1.82) is 0 Å². The van der Waals surface area contributed by atoms with Crippen molar-refractivity contribution in [2.75, 3.05) is 58.5 Å². The van der Waals surface area contributed by atoms with Gasteiger partial charge in [-0.2, -0.15) is 0 Å². The molecule has 1 amide bonds. The van der Waals surface area contributed by atoms with E-state index in [9.17, 15) is 4.79 Å². The fourth-order valence-electron chi connectivity index (χ4n) is 4.29. The van der Waals surface area contributed by atoms with E-state index in [4.69, 9.17) is 18.9 Å². The molecule has 3 heterocycles. The van der Waals surface area contributed by atoms with Crippen molar-refractivity contribution in [3.8, 4) is 17.2 Å². The number of nitrogens with one attached hydrogen (secondary N) is 1. The molecule has 34 heavy (non-hydrogen) atoms. The standard InChI is InChI=1S/C26H29N3O5/c1-31-23-16-19(17-24-26(23)34-15-14-33-24)2-5-25(30)27-21-3-4-22-20(18-21)6-7-29(22)9-8-28-10-12-32-13-11-28/h2-7,16-18H,8-15H2,1H3,(H,27,30)/b5-2+. The average molecular weight is 464 g/mol. The first kappa shape index (κ1) is 22.3. The summed E-state index contributed by atoms with van der Waals surface area (Å²) < 4.78 is 24.4. The van der Waals surface area contributed by atoms with Gasteiger partial charge in [0.15, 0.2) is 11.5 Å². The molecule has 2 aliphatic heterocycles. The van der Waals surface area contributed by atoms with Crippen LogP contribution in [0.3, 0.4) is 0 Å². The molecule has 178 valence electrons. The molecule has 0 radical (unpaired) electrons. The summed E-state index contributed by atoms with van der Waals surface area (Å²) in [5, 5.41) is 4.04. The zero-order valence-corrected chi connectivity index (χ0v) is 19.3. The number of hydrogen-bond donors (Lipinski definition) is 1. The van der Waals surface area contributed by atoms with Crippen LogP contribution < -0.4 is 19.5 Å². The van der Waals surface area contributed by atoms with E-state index < -0.39 is 0 Å². The number of anilines is 1. The van der Waals surface area contributed by atoms with Gasteiger partial charge in [-0.3, -0.25) is 9.69 Å². The summed E-state index contributed by atoms with van der Waals surface area (Å²) in [6.45, 7) is 6.50. The number of carbonyl (C=O) groups is 1. The van der Waals surface area contributed by atoms with Crippen molar-refractivity contribution in [1.82, 2.24) is 9.47 Å². The van der Waals surface area contributed by atoms with Gasteiger partial charge in [-0.05, 0) is 48.0 Å². The Morgan fingerprint density at radius 1 is 1.06 bits per heavy atom. The van der Waals surface area contributed by atoms with Crippen LogP contribution in [0, 0.1) is 0 Å². The quantitative estimate of drug-likeness (QED) is 0.542. The van der Waals surface area contributed by atoms with Crippen molar-refractivity contribution < 1.29 is 23.7 Å². The largest absolute Gasteiger partial charge is 0.493 e. The van der Waals surface area contributed by atoms with E-state index in [0.29, 0.717) is 30.5 Å². The van der Waals surface area contributed by atoms with Crippen LogP contribution in [0.1, 0.15) is 5.56 Å². The van der Waals surface area contributed by atoms with Crippen LogP contribution in [-0.2, 0) is 16.1 Å². The maximum atomic E-state index is 12.5. The van der Waals surface area contributed by atoms with E-state index in [2.05, 4.69) is 33.1 Å². The van der Waals surface area contributed by atoms with E-state index >= 15 is 0 Å². The number of carbonyl (C=O) groups excluding carboxylic acids is 1. The van der Waals surface area contributed by atoms with E-state index in [1.807, 2.05) is 24.3 Å². The zero-order chi connectivity index (χ0) is 23.3. The van der Waals surface area contributed by atoms with Crippen LogP contribution in [-0.4, -0.2) is 68.5 Å². The minimum atomic E-state index is -0.208. The summed E-state index contributed by atoms with van der Waals surface area (Å²) in [5.74, 6) is 1.59. The maximum absolute atomic E-state index is 12.5. The van der Waals surface area contributed by atoms with E-state index in [0.717, 1.165) is 61.5 Å². The average Bonchev–Trinajstić information content (AvgIpc) is 3.28. The van der Waals surface area contributed by atoms with Gasteiger partial charge in [0, 0.05) is 55.0 Å². The summed E-state index contributed by atoms with van der Waals surface area (Å²) in [4.78, 5) is 15.0. The monoisotopic (exact) mass is 463 g/mol. The molecule has 1 N–H and O–H groups in total. The lowest BCUT2D eigenvalue weighted by atomic mass is 10.1. The van der Waals surface area contributed by atoms with Gasteiger partial charge in [0.2, 0.25) is 11.7 Å². The van der Waals surface area contributed by atoms with Crippen molar-refractivity contribution in [2.45, 2.75) is 6.54 Å². The van der Waals surface area contributed by atoms with Gasteiger partial charge >= 0.3 is 0 Å². The summed E-state index contributed by atoms with van der Waals surface area (Å²) in [6, 6.07) is 11.7. The minimum absolute atomic E-state index is 0.208. The molecule has 0 spiro atoms. The number of fused-ring (bicyclic) bond motifs is 2. The van der Waals surface area contributed by atoms with Gasteiger partial charge in [-0.25, -0.2) is 0 Å². The van der Waals surface area contributed by atoms with Crippen LogP contribution in [0.5, 0.6) is 17.2 Å². The number of hydrogen-bond acceptors (Lipinski definition) is 6. The van der Waals surface area contributed by atoms with Gasteiger partial charge in [-0.1, -0.05) is 0 Å². The molecule has 2 aliphatic rings. The fourth-order valence-corrected chi connectivity index (χ4v) is 4.29. The van der Waals surface area contributed by atoms with Crippen LogP contribution in [0.4, 0.5) is 5.69 Å². The second-order valence-electron chi connectivity index (χ2n) is 8.31. The maximum Gasteiger partial charge on any atom is 0.248 e. The number of nitrogens with zero attached hydrogens (tertiary/aromatic N) is 2. The highest BCUT2D eigenvalue weighted by Gasteiger charge is 2.18. The Morgan fingerprint density at radius 2 is 1.91 bits per heavy atom.